The number of ether oxygens (including phenoxy) is 1. The number of carbonyl (C=O) groups is 2. The highest BCUT2D eigenvalue weighted by Gasteiger charge is 2.22. The molecule has 2 aromatic carbocycles. The Morgan fingerprint density at radius 1 is 1.25 bits per heavy atom. The summed E-state index contributed by atoms with van der Waals surface area (Å²) < 4.78 is 18.1. The number of halogens is 1. The van der Waals surface area contributed by atoms with E-state index < -0.39 is 34.1 Å². The van der Waals surface area contributed by atoms with Gasteiger partial charge in [0.1, 0.15) is 11.4 Å². The zero-order valence-electron chi connectivity index (χ0n) is 14.9. The highest BCUT2D eigenvalue weighted by Crippen LogP contribution is 2.24. The van der Waals surface area contributed by atoms with Gasteiger partial charge in [-0.05, 0) is 23.8 Å². The number of amides is 1. The summed E-state index contributed by atoms with van der Waals surface area (Å²) in [6.45, 7) is 0.299. The van der Waals surface area contributed by atoms with Crippen LogP contribution in [0.4, 0.5) is 14.9 Å². The molecular weight excluding hydrogens is 371 g/mol. The Labute approximate surface area is 159 Å². The Morgan fingerprint density at radius 3 is 2.43 bits per heavy atom. The van der Waals surface area contributed by atoms with Crippen LogP contribution in [0.5, 0.6) is 0 Å². The van der Waals surface area contributed by atoms with Crippen molar-refractivity contribution in [1.82, 2.24) is 4.90 Å². The first kappa shape index (κ1) is 20.4. The molecule has 0 unspecified atom stereocenters. The summed E-state index contributed by atoms with van der Waals surface area (Å²) in [6.07, 6.45) is -0.492. The summed E-state index contributed by atoms with van der Waals surface area (Å²) >= 11 is 0. The van der Waals surface area contributed by atoms with Crippen molar-refractivity contribution < 1.29 is 28.7 Å². The van der Waals surface area contributed by atoms with Crippen LogP contribution in [0.15, 0.2) is 36.4 Å². The molecule has 0 saturated carbocycles. The fraction of sp³-hybridized carbons (Fsp3) is 0.158. The summed E-state index contributed by atoms with van der Waals surface area (Å²) in [5.41, 5.74) is -0.443. The summed E-state index contributed by atoms with van der Waals surface area (Å²) in [5, 5.41) is 20.3. The van der Waals surface area contributed by atoms with E-state index in [0.29, 0.717) is 24.2 Å². The second-order valence-electron chi connectivity index (χ2n) is 5.68. The number of hydrogen-bond donors (Lipinski definition) is 1. The molecule has 2 aromatic rings. The second-order valence-corrected chi connectivity index (χ2v) is 5.68. The normalized spacial score (nSPS) is 9.82. The third kappa shape index (κ3) is 4.82. The first-order chi connectivity index (χ1) is 13.2. The Balaban J connectivity index is 2.34. The van der Waals surface area contributed by atoms with E-state index in [1.807, 2.05) is 0 Å². The van der Waals surface area contributed by atoms with E-state index in [1.165, 1.54) is 12.0 Å². The molecule has 9 heteroatoms. The van der Waals surface area contributed by atoms with Crippen molar-refractivity contribution in [3.63, 3.8) is 0 Å². The number of hydrogen-bond acceptors (Lipinski definition) is 5. The molecule has 0 radical (unpaired) electrons. The highest BCUT2D eigenvalue weighted by molar-refractivity contribution is 5.92. The van der Waals surface area contributed by atoms with Crippen LogP contribution in [0.2, 0.25) is 0 Å². The molecule has 0 aliphatic rings. The SMILES string of the molecule is COC(=O)N(C)Cc1ccc(C#Cc2c(C(=O)O)cc(F)cc2[N+](=O)[O-])cc1. The standard InChI is InChI=1S/C19H15FN2O6/c1-21(19(25)28-2)11-13-5-3-12(4-6-13)7-8-15-16(18(23)24)9-14(20)10-17(15)22(26)27/h3-6,9-10H,11H2,1-2H3,(H,23,24). The fourth-order valence-electron chi connectivity index (χ4n) is 2.36. The number of carboxylic acid groups (broad SMARTS) is 1. The Hall–Kier alpha value is -3.93. The second kappa shape index (κ2) is 8.64. The third-order valence-corrected chi connectivity index (χ3v) is 3.70. The third-order valence-electron chi connectivity index (χ3n) is 3.70. The molecule has 1 amide bonds. The lowest BCUT2D eigenvalue weighted by Crippen LogP contribution is -2.25. The number of carboxylic acids is 1. The Bertz CT molecular complexity index is 957. The first-order valence-electron chi connectivity index (χ1n) is 7.84. The van der Waals surface area contributed by atoms with Gasteiger partial charge >= 0.3 is 12.1 Å². The average molecular weight is 386 g/mol. The minimum Gasteiger partial charge on any atom is -0.478 e. The van der Waals surface area contributed by atoms with E-state index in [0.717, 1.165) is 5.56 Å². The minimum atomic E-state index is -1.52. The number of methoxy groups -OCH3 is 1. The van der Waals surface area contributed by atoms with Crippen LogP contribution in [0.3, 0.4) is 0 Å². The molecule has 144 valence electrons. The molecule has 0 bridgehead atoms. The van der Waals surface area contributed by atoms with Gasteiger partial charge in [0.25, 0.3) is 5.69 Å². The maximum atomic E-state index is 13.5. The fourth-order valence-corrected chi connectivity index (χ4v) is 2.36. The van der Waals surface area contributed by atoms with Crippen molar-refractivity contribution in [2.24, 2.45) is 0 Å². The molecule has 0 fully saturated rings. The van der Waals surface area contributed by atoms with Crippen LogP contribution in [0.1, 0.15) is 27.0 Å². The molecule has 0 heterocycles. The number of aromatic carboxylic acids is 1. The van der Waals surface area contributed by atoms with Crippen LogP contribution in [-0.2, 0) is 11.3 Å². The van der Waals surface area contributed by atoms with Crippen molar-refractivity contribution in [2.75, 3.05) is 14.2 Å². The lowest BCUT2D eigenvalue weighted by atomic mass is 10.0. The summed E-state index contributed by atoms with van der Waals surface area (Å²) in [5.74, 6) is 2.54. The number of carbonyl (C=O) groups excluding carboxylic acids is 1. The van der Waals surface area contributed by atoms with E-state index in [1.54, 1.807) is 31.3 Å². The zero-order valence-corrected chi connectivity index (χ0v) is 14.9. The van der Waals surface area contributed by atoms with Crippen molar-refractivity contribution in [2.45, 2.75) is 6.54 Å². The Kier molecular flexibility index (Phi) is 6.29. The molecule has 8 nitrogen and oxygen atoms in total. The molecule has 28 heavy (non-hydrogen) atoms. The number of benzene rings is 2. The zero-order chi connectivity index (χ0) is 20.8. The quantitative estimate of drug-likeness (QED) is 0.491. The molecule has 1 N–H and O–H groups in total. The predicted molar refractivity (Wildman–Crippen MR) is 96.3 cm³/mol. The van der Waals surface area contributed by atoms with Crippen LogP contribution in [0, 0.1) is 27.8 Å². The highest BCUT2D eigenvalue weighted by atomic mass is 19.1. The molecule has 0 aromatic heterocycles. The summed E-state index contributed by atoms with van der Waals surface area (Å²) in [4.78, 5) is 34.3. The van der Waals surface area contributed by atoms with Gasteiger partial charge in [-0.25, -0.2) is 14.0 Å². The van der Waals surface area contributed by atoms with Crippen molar-refractivity contribution >= 4 is 17.7 Å². The molecule has 0 saturated heterocycles. The smallest absolute Gasteiger partial charge is 0.409 e. The van der Waals surface area contributed by atoms with Gasteiger partial charge in [-0.3, -0.25) is 10.1 Å². The lowest BCUT2D eigenvalue weighted by Gasteiger charge is -2.15. The van der Waals surface area contributed by atoms with Crippen molar-refractivity contribution in [3.8, 4) is 11.8 Å². The molecule has 0 spiro atoms. The van der Waals surface area contributed by atoms with Crippen LogP contribution >= 0.6 is 0 Å². The predicted octanol–water partition coefficient (Wildman–Crippen LogP) is 3.03. The molecule has 0 aliphatic heterocycles. The van der Waals surface area contributed by atoms with Gasteiger partial charge in [-0.2, -0.15) is 0 Å². The van der Waals surface area contributed by atoms with Gasteiger partial charge in [0, 0.05) is 19.2 Å². The maximum absolute atomic E-state index is 13.5. The molecule has 0 aliphatic carbocycles. The van der Waals surface area contributed by atoms with Crippen molar-refractivity contribution in [1.29, 1.82) is 0 Å². The van der Waals surface area contributed by atoms with Crippen LogP contribution in [0.25, 0.3) is 0 Å². The Morgan fingerprint density at radius 2 is 1.89 bits per heavy atom. The van der Waals surface area contributed by atoms with Gasteiger partial charge in [-0.15, -0.1) is 0 Å². The summed E-state index contributed by atoms with van der Waals surface area (Å²) in [7, 11) is 2.85. The van der Waals surface area contributed by atoms with E-state index in [9.17, 15) is 29.2 Å². The van der Waals surface area contributed by atoms with E-state index in [-0.39, 0.29) is 5.56 Å². The number of nitro benzene ring substituents is 1. The maximum Gasteiger partial charge on any atom is 0.409 e. The summed E-state index contributed by atoms with van der Waals surface area (Å²) in [6, 6.07) is 7.93. The van der Waals surface area contributed by atoms with Crippen LogP contribution < -0.4 is 0 Å². The number of nitrogens with zero attached hydrogens (tertiary/aromatic N) is 2. The average Bonchev–Trinajstić information content (AvgIpc) is 2.66. The molecule has 2 rings (SSSR count). The first-order valence-corrected chi connectivity index (χ1v) is 7.84. The van der Waals surface area contributed by atoms with Crippen LogP contribution in [-0.4, -0.2) is 41.1 Å². The topological polar surface area (TPSA) is 110 Å². The van der Waals surface area contributed by atoms with Crippen molar-refractivity contribution in [3.05, 3.63) is 74.6 Å². The monoisotopic (exact) mass is 386 g/mol. The van der Waals surface area contributed by atoms with E-state index in [4.69, 9.17) is 0 Å². The lowest BCUT2D eigenvalue weighted by molar-refractivity contribution is -0.385. The largest absolute Gasteiger partial charge is 0.478 e. The van der Waals surface area contributed by atoms with Gasteiger partial charge in [-0.1, -0.05) is 24.0 Å². The minimum absolute atomic E-state index is 0.299. The van der Waals surface area contributed by atoms with E-state index >= 15 is 0 Å². The van der Waals surface area contributed by atoms with Gasteiger partial charge in [0.05, 0.1) is 23.7 Å². The number of rotatable bonds is 4. The molecular formula is C19H15FN2O6. The molecule has 0 atom stereocenters. The number of nitro groups is 1. The van der Waals surface area contributed by atoms with Gasteiger partial charge in [0.15, 0.2) is 0 Å². The van der Waals surface area contributed by atoms with E-state index in [2.05, 4.69) is 16.6 Å². The van der Waals surface area contributed by atoms with Gasteiger partial charge < -0.3 is 14.7 Å². The van der Waals surface area contributed by atoms with Gasteiger partial charge in [0.2, 0.25) is 0 Å².